The first-order chi connectivity index (χ1) is 8.06. The summed E-state index contributed by atoms with van der Waals surface area (Å²) in [5.74, 6) is 1.88. The smallest absolute Gasteiger partial charge is 0.228 e. The molecule has 1 aliphatic rings. The molecule has 1 heterocycles. The highest BCUT2D eigenvalue weighted by Gasteiger charge is 2.30. The summed E-state index contributed by atoms with van der Waals surface area (Å²) in [7, 11) is 1.88. The molecule has 1 aromatic heterocycles. The molecule has 1 aromatic rings. The molecule has 4 nitrogen and oxygen atoms in total. The predicted octanol–water partition coefficient (Wildman–Crippen LogP) is 2.36. The Balaban J connectivity index is 1.95. The minimum atomic E-state index is 0.142. The van der Waals surface area contributed by atoms with Gasteiger partial charge in [0.25, 0.3) is 0 Å². The van der Waals surface area contributed by atoms with Gasteiger partial charge in [0, 0.05) is 19.0 Å². The highest BCUT2D eigenvalue weighted by atomic mass is 16.2. The lowest BCUT2D eigenvalue weighted by atomic mass is 10.1. The number of nitrogens with one attached hydrogen (secondary N) is 1. The van der Waals surface area contributed by atoms with Crippen LogP contribution in [0, 0.1) is 11.8 Å². The topological polar surface area (TPSA) is 46.9 Å². The van der Waals surface area contributed by atoms with Crippen molar-refractivity contribution in [3.63, 3.8) is 0 Å². The van der Waals surface area contributed by atoms with E-state index in [9.17, 15) is 4.79 Å². The first kappa shape index (κ1) is 12.1. The van der Waals surface area contributed by atoms with Crippen LogP contribution in [0.3, 0.4) is 0 Å². The molecule has 0 unspecified atom stereocenters. The summed E-state index contributed by atoms with van der Waals surface area (Å²) >= 11 is 0. The van der Waals surface area contributed by atoms with Gasteiger partial charge in [0.05, 0.1) is 5.69 Å². The Hall–Kier alpha value is -1.32. The van der Waals surface area contributed by atoms with Crippen LogP contribution in [0.2, 0.25) is 0 Å². The lowest BCUT2D eigenvalue weighted by Gasteiger charge is -2.02. The van der Waals surface area contributed by atoms with Crippen LogP contribution in [-0.2, 0) is 18.3 Å². The molecule has 4 heteroatoms. The molecule has 1 fully saturated rings. The molecule has 1 aliphatic carbocycles. The first-order valence-corrected chi connectivity index (χ1v) is 6.40. The molecule has 0 spiro atoms. The monoisotopic (exact) mass is 235 g/mol. The minimum absolute atomic E-state index is 0.142. The number of anilines is 1. The molecule has 1 amide bonds. The van der Waals surface area contributed by atoms with Gasteiger partial charge in [-0.15, -0.1) is 0 Å². The molecule has 0 aromatic carbocycles. The van der Waals surface area contributed by atoms with Crippen molar-refractivity contribution in [1.82, 2.24) is 9.78 Å². The molecule has 94 valence electrons. The molecule has 0 bridgehead atoms. The Labute approximate surface area is 102 Å². The maximum Gasteiger partial charge on any atom is 0.228 e. The van der Waals surface area contributed by atoms with Gasteiger partial charge in [-0.05, 0) is 31.6 Å². The maximum atomic E-state index is 11.7. The lowest BCUT2D eigenvalue weighted by molar-refractivity contribution is -0.117. The fourth-order valence-electron chi connectivity index (χ4n) is 1.78. The number of hydrogen-bond acceptors (Lipinski definition) is 2. The van der Waals surface area contributed by atoms with E-state index in [0.717, 1.165) is 37.2 Å². The van der Waals surface area contributed by atoms with E-state index in [2.05, 4.69) is 24.3 Å². The summed E-state index contributed by atoms with van der Waals surface area (Å²) in [6.45, 7) is 4.41. The number of carbonyl (C=O) groups is 1. The third-order valence-electron chi connectivity index (χ3n) is 3.11. The summed E-state index contributed by atoms with van der Waals surface area (Å²) < 4.78 is 1.76. The fourth-order valence-corrected chi connectivity index (χ4v) is 1.78. The second-order valence-electron chi connectivity index (χ2n) is 5.34. The summed E-state index contributed by atoms with van der Waals surface area (Å²) in [5, 5.41) is 7.36. The van der Waals surface area contributed by atoms with Crippen molar-refractivity contribution in [2.75, 3.05) is 5.32 Å². The van der Waals surface area contributed by atoms with Gasteiger partial charge < -0.3 is 5.32 Å². The molecule has 0 atom stereocenters. The normalized spacial score (nSPS) is 15.3. The number of aryl methyl sites for hydroxylation is 2. The van der Waals surface area contributed by atoms with Crippen molar-refractivity contribution in [1.29, 1.82) is 0 Å². The fraction of sp³-hybridized carbons (Fsp3) is 0.692. The molecule has 17 heavy (non-hydrogen) atoms. The van der Waals surface area contributed by atoms with Gasteiger partial charge in [0.1, 0.15) is 5.82 Å². The van der Waals surface area contributed by atoms with Gasteiger partial charge >= 0.3 is 0 Å². The Bertz CT molecular complexity index is 405. The average molecular weight is 235 g/mol. The second kappa shape index (κ2) is 4.90. The van der Waals surface area contributed by atoms with E-state index in [1.165, 1.54) is 0 Å². The van der Waals surface area contributed by atoms with Crippen molar-refractivity contribution >= 4 is 11.7 Å². The molecule has 0 radical (unpaired) electrons. The van der Waals surface area contributed by atoms with Crippen LogP contribution >= 0.6 is 0 Å². The molecule has 0 saturated heterocycles. The first-order valence-electron chi connectivity index (χ1n) is 6.40. The number of hydrogen-bond donors (Lipinski definition) is 1. The standard InChI is InChI=1S/C13H21N3O/c1-9(2)4-7-11-8-12(16(3)15-11)14-13(17)10-5-6-10/h8-10H,4-7H2,1-3H3,(H,14,17). The summed E-state index contributed by atoms with van der Waals surface area (Å²) in [5.41, 5.74) is 1.06. The Morgan fingerprint density at radius 2 is 2.29 bits per heavy atom. The van der Waals surface area contributed by atoms with E-state index in [0.29, 0.717) is 5.92 Å². The number of aromatic nitrogens is 2. The maximum absolute atomic E-state index is 11.7. The zero-order valence-corrected chi connectivity index (χ0v) is 10.9. The van der Waals surface area contributed by atoms with Crippen LogP contribution in [0.15, 0.2) is 6.07 Å². The number of amides is 1. The van der Waals surface area contributed by atoms with Gasteiger partial charge in [-0.25, -0.2) is 0 Å². The Morgan fingerprint density at radius 3 is 2.88 bits per heavy atom. The van der Waals surface area contributed by atoms with Crippen molar-refractivity contribution in [2.24, 2.45) is 18.9 Å². The van der Waals surface area contributed by atoms with E-state index in [-0.39, 0.29) is 11.8 Å². The third kappa shape index (κ3) is 3.32. The van der Waals surface area contributed by atoms with Crippen LogP contribution in [-0.4, -0.2) is 15.7 Å². The van der Waals surface area contributed by atoms with E-state index >= 15 is 0 Å². The van der Waals surface area contributed by atoms with Crippen molar-refractivity contribution < 1.29 is 4.79 Å². The number of rotatable bonds is 5. The summed E-state index contributed by atoms with van der Waals surface area (Å²) in [6, 6.07) is 1.99. The quantitative estimate of drug-likeness (QED) is 0.851. The van der Waals surface area contributed by atoms with Gasteiger partial charge in [-0.3, -0.25) is 9.48 Å². The minimum Gasteiger partial charge on any atom is -0.311 e. The molecular weight excluding hydrogens is 214 g/mol. The SMILES string of the molecule is CC(C)CCc1cc(NC(=O)C2CC2)n(C)n1. The van der Waals surface area contributed by atoms with Crippen molar-refractivity contribution in [2.45, 2.75) is 39.5 Å². The lowest BCUT2D eigenvalue weighted by Crippen LogP contribution is -2.15. The van der Waals surface area contributed by atoms with E-state index < -0.39 is 0 Å². The van der Waals surface area contributed by atoms with Crippen LogP contribution in [0.5, 0.6) is 0 Å². The summed E-state index contributed by atoms with van der Waals surface area (Å²) in [6.07, 6.45) is 4.17. The van der Waals surface area contributed by atoms with Crippen LogP contribution in [0.25, 0.3) is 0 Å². The molecule has 1 N–H and O–H groups in total. The van der Waals surface area contributed by atoms with Gasteiger partial charge in [0.15, 0.2) is 0 Å². The Kier molecular flexibility index (Phi) is 3.50. The highest BCUT2D eigenvalue weighted by molar-refractivity contribution is 5.93. The van der Waals surface area contributed by atoms with E-state index in [1.54, 1.807) is 4.68 Å². The van der Waals surface area contributed by atoms with E-state index in [4.69, 9.17) is 0 Å². The predicted molar refractivity (Wildman–Crippen MR) is 67.7 cm³/mol. The largest absolute Gasteiger partial charge is 0.311 e. The number of nitrogens with zero attached hydrogens (tertiary/aromatic N) is 2. The number of carbonyl (C=O) groups excluding carboxylic acids is 1. The zero-order valence-electron chi connectivity index (χ0n) is 10.9. The van der Waals surface area contributed by atoms with Crippen molar-refractivity contribution in [3.05, 3.63) is 11.8 Å². The van der Waals surface area contributed by atoms with Crippen LogP contribution in [0.4, 0.5) is 5.82 Å². The highest BCUT2D eigenvalue weighted by Crippen LogP contribution is 2.30. The summed E-state index contributed by atoms with van der Waals surface area (Å²) in [4.78, 5) is 11.7. The van der Waals surface area contributed by atoms with Crippen LogP contribution in [0.1, 0.15) is 38.8 Å². The van der Waals surface area contributed by atoms with Crippen LogP contribution < -0.4 is 5.32 Å². The Morgan fingerprint density at radius 1 is 1.59 bits per heavy atom. The van der Waals surface area contributed by atoms with Gasteiger partial charge in [-0.2, -0.15) is 5.10 Å². The van der Waals surface area contributed by atoms with E-state index in [1.807, 2.05) is 13.1 Å². The van der Waals surface area contributed by atoms with Crippen molar-refractivity contribution in [3.8, 4) is 0 Å². The molecular formula is C13H21N3O. The second-order valence-corrected chi connectivity index (χ2v) is 5.34. The molecule has 2 rings (SSSR count). The molecule has 0 aliphatic heterocycles. The average Bonchev–Trinajstić information content (AvgIpc) is 3.03. The van der Waals surface area contributed by atoms with Gasteiger partial charge in [-0.1, -0.05) is 13.8 Å². The molecule has 1 saturated carbocycles. The van der Waals surface area contributed by atoms with Gasteiger partial charge in [0.2, 0.25) is 5.91 Å². The third-order valence-corrected chi connectivity index (χ3v) is 3.11. The zero-order chi connectivity index (χ0) is 12.4.